The second kappa shape index (κ2) is 6.87. The monoisotopic (exact) mass is 322 g/mol. The van der Waals surface area contributed by atoms with Gasteiger partial charge in [-0.15, -0.1) is 0 Å². The van der Waals surface area contributed by atoms with Crippen molar-refractivity contribution in [1.82, 2.24) is 9.97 Å². The van der Waals surface area contributed by atoms with Crippen molar-refractivity contribution >= 4 is 23.2 Å². The Hall–Kier alpha value is -3.28. The van der Waals surface area contributed by atoms with Crippen molar-refractivity contribution in [3.63, 3.8) is 0 Å². The average molecular weight is 322 g/mol. The molecule has 1 aromatic carbocycles. The summed E-state index contributed by atoms with van der Waals surface area (Å²) in [5.74, 6) is -0.0802. The second-order valence-electron chi connectivity index (χ2n) is 5.18. The van der Waals surface area contributed by atoms with Crippen LogP contribution in [0.1, 0.15) is 15.9 Å². The van der Waals surface area contributed by atoms with E-state index in [9.17, 15) is 9.18 Å². The highest BCUT2D eigenvalue weighted by molar-refractivity contribution is 6.07. The summed E-state index contributed by atoms with van der Waals surface area (Å²) < 4.78 is 13.8. The van der Waals surface area contributed by atoms with Crippen molar-refractivity contribution in [3.8, 4) is 0 Å². The number of hydrogen-bond acceptors (Lipinski definition) is 4. The van der Waals surface area contributed by atoms with Crippen LogP contribution in [-0.2, 0) is 0 Å². The molecule has 120 valence electrons. The number of nitrogens with zero attached hydrogens (tertiary/aromatic N) is 2. The summed E-state index contributed by atoms with van der Waals surface area (Å²) in [6.07, 6.45) is 3.15. The van der Waals surface area contributed by atoms with Crippen LogP contribution in [0.15, 0.2) is 60.9 Å². The first-order valence-corrected chi connectivity index (χ1v) is 7.34. The fourth-order valence-corrected chi connectivity index (χ4v) is 2.17. The predicted molar refractivity (Wildman–Crippen MR) is 90.8 cm³/mol. The van der Waals surface area contributed by atoms with Crippen molar-refractivity contribution in [3.05, 3.63) is 77.9 Å². The molecule has 0 radical (unpaired) electrons. The Morgan fingerprint density at radius 2 is 1.88 bits per heavy atom. The Morgan fingerprint density at radius 1 is 1.04 bits per heavy atom. The van der Waals surface area contributed by atoms with E-state index in [1.54, 1.807) is 42.6 Å². The van der Waals surface area contributed by atoms with Crippen LogP contribution < -0.4 is 10.6 Å². The summed E-state index contributed by atoms with van der Waals surface area (Å²) in [5.41, 5.74) is 1.53. The molecule has 2 aromatic heterocycles. The van der Waals surface area contributed by atoms with Gasteiger partial charge in [-0.2, -0.15) is 0 Å². The van der Waals surface area contributed by atoms with Gasteiger partial charge in [-0.1, -0.05) is 12.1 Å². The molecule has 1 amide bonds. The first-order chi connectivity index (χ1) is 11.6. The summed E-state index contributed by atoms with van der Waals surface area (Å²) in [6, 6.07) is 13.1. The highest BCUT2D eigenvalue weighted by atomic mass is 19.1. The van der Waals surface area contributed by atoms with Crippen LogP contribution in [0.5, 0.6) is 0 Å². The van der Waals surface area contributed by atoms with Crippen molar-refractivity contribution in [2.75, 3.05) is 10.6 Å². The van der Waals surface area contributed by atoms with Gasteiger partial charge in [0.25, 0.3) is 5.91 Å². The van der Waals surface area contributed by atoms with E-state index in [0.29, 0.717) is 11.4 Å². The first-order valence-electron chi connectivity index (χ1n) is 7.34. The molecule has 0 unspecified atom stereocenters. The molecule has 3 rings (SSSR count). The molecule has 5 nitrogen and oxygen atoms in total. The Bertz CT molecular complexity index is 882. The maximum Gasteiger partial charge on any atom is 0.260 e. The van der Waals surface area contributed by atoms with Gasteiger partial charge < -0.3 is 10.6 Å². The quantitative estimate of drug-likeness (QED) is 0.764. The molecule has 0 aliphatic rings. The lowest BCUT2D eigenvalue weighted by Gasteiger charge is -2.11. The number of aromatic nitrogens is 2. The minimum atomic E-state index is -0.421. The maximum atomic E-state index is 13.8. The summed E-state index contributed by atoms with van der Waals surface area (Å²) in [4.78, 5) is 20.7. The predicted octanol–water partition coefficient (Wildman–Crippen LogP) is 3.92. The first kappa shape index (κ1) is 15.6. The van der Waals surface area contributed by atoms with Crippen molar-refractivity contribution < 1.29 is 9.18 Å². The second-order valence-corrected chi connectivity index (χ2v) is 5.18. The van der Waals surface area contributed by atoms with Gasteiger partial charge in [-0.25, -0.2) is 14.4 Å². The molecule has 0 aliphatic carbocycles. The fourth-order valence-electron chi connectivity index (χ4n) is 2.17. The minimum Gasteiger partial charge on any atom is -0.337 e. The van der Waals surface area contributed by atoms with E-state index in [4.69, 9.17) is 0 Å². The number of pyridine rings is 2. The van der Waals surface area contributed by atoms with Gasteiger partial charge in [-0.3, -0.25) is 4.79 Å². The lowest BCUT2D eigenvalue weighted by molar-refractivity contribution is 0.102. The van der Waals surface area contributed by atoms with Crippen molar-refractivity contribution in [2.45, 2.75) is 6.92 Å². The number of hydrogen-bond donors (Lipinski definition) is 2. The third kappa shape index (κ3) is 3.55. The van der Waals surface area contributed by atoms with E-state index < -0.39 is 5.82 Å². The number of carbonyl (C=O) groups is 1. The van der Waals surface area contributed by atoms with Gasteiger partial charge >= 0.3 is 0 Å². The van der Waals surface area contributed by atoms with Gasteiger partial charge in [0.05, 0.1) is 11.3 Å². The molecule has 3 aromatic rings. The average Bonchev–Trinajstić information content (AvgIpc) is 2.57. The summed E-state index contributed by atoms with van der Waals surface area (Å²) in [7, 11) is 0. The molecule has 0 spiro atoms. The zero-order valence-electron chi connectivity index (χ0n) is 13.0. The molecule has 0 fully saturated rings. The normalized spacial score (nSPS) is 10.2. The van der Waals surface area contributed by atoms with E-state index in [1.165, 1.54) is 12.3 Å². The highest BCUT2D eigenvalue weighted by Crippen LogP contribution is 2.21. The van der Waals surface area contributed by atoms with Gasteiger partial charge in [0.15, 0.2) is 0 Å². The lowest BCUT2D eigenvalue weighted by atomic mass is 10.2. The van der Waals surface area contributed by atoms with Crippen LogP contribution in [-0.4, -0.2) is 15.9 Å². The van der Waals surface area contributed by atoms with Crippen molar-refractivity contribution in [2.24, 2.45) is 0 Å². The van der Waals surface area contributed by atoms with Gasteiger partial charge in [-0.05, 0) is 48.9 Å². The lowest BCUT2D eigenvalue weighted by Crippen LogP contribution is -2.15. The van der Waals surface area contributed by atoms with Gasteiger partial charge in [0, 0.05) is 12.4 Å². The molecule has 0 bridgehead atoms. The third-order valence-corrected chi connectivity index (χ3v) is 3.34. The van der Waals surface area contributed by atoms with Crippen LogP contribution in [0.4, 0.5) is 21.7 Å². The smallest absolute Gasteiger partial charge is 0.260 e. The third-order valence-electron chi connectivity index (χ3n) is 3.34. The van der Waals surface area contributed by atoms with Crippen LogP contribution >= 0.6 is 0 Å². The molecule has 6 heteroatoms. The SMILES string of the molecule is Cc1ccnc(NC(=O)c2cccnc2Nc2ccccc2F)c1. The Morgan fingerprint density at radius 3 is 2.67 bits per heavy atom. The Kier molecular flexibility index (Phi) is 4.47. The molecular formula is C18H15FN4O. The van der Waals surface area contributed by atoms with E-state index in [2.05, 4.69) is 20.6 Å². The van der Waals surface area contributed by atoms with E-state index in [-0.39, 0.29) is 17.4 Å². The number of carbonyl (C=O) groups excluding carboxylic acids is 1. The molecule has 0 atom stereocenters. The molecule has 24 heavy (non-hydrogen) atoms. The number of anilines is 3. The summed E-state index contributed by atoms with van der Waals surface area (Å²) in [6.45, 7) is 1.91. The van der Waals surface area contributed by atoms with Gasteiger partial charge in [0.1, 0.15) is 17.5 Å². The number of halogens is 1. The number of rotatable bonds is 4. The Balaban J connectivity index is 1.86. The molecular weight excluding hydrogens is 307 g/mol. The number of aryl methyl sites for hydroxylation is 1. The van der Waals surface area contributed by atoms with Crippen LogP contribution in [0, 0.1) is 12.7 Å². The standard InChI is InChI=1S/C18H15FN4O/c1-12-8-10-20-16(11-12)23-18(24)13-5-4-9-21-17(13)22-15-7-3-2-6-14(15)19/h2-11H,1H3,(H,21,22)(H,20,23,24). The van der Waals surface area contributed by atoms with E-state index in [1.807, 2.05) is 13.0 Å². The molecule has 0 saturated heterocycles. The number of nitrogens with one attached hydrogen (secondary N) is 2. The summed E-state index contributed by atoms with van der Waals surface area (Å²) in [5, 5.41) is 5.57. The highest BCUT2D eigenvalue weighted by Gasteiger charge is 2.14. The fraction of sp³-hybridized carbons (Fsp3) is 0.0556. The topological polar surface area (TPSA) is 66.9 Å². The number of para-hydroxylation sites is 1. The van der Waals surface area contributed by atoms with Crippen LogP contribution in [0.25, 0.3) is 0 Å². The minimum absolute atomic E-state index is 0.249. The Labute approximate surface area is 138 Å². The summed E-state index contributed by atoms with van der Waals surface area (Å²) >= 11 is 0. The zero-order valence-corrected chi connectivity index (χ0v) is 13.0. The number of benzene rings is 1. The van der Waals surface area contributed by atoms with Crippen molar-refractivity contribution in [1.29, 1.82) is 0 Å². The number of amides is 1. The van der Waals surface area contributed by atoms with Crippen LogP contribution in [0.3, 0.4) is 0 Å². The van der Waals surface area contributed by atoms with Crippen LogP contribution in [0.2, 0.25) is 0 Å². The molecule has 2 heterocycles. The molecule has 0 aliphatic heterocycles. The molecule has 2 N–H and O–H groups in total. The van der Waals surface area contributed by atoms with E-state index >= 15 is 0 Å². The maximum absolute atomic E-state index is 13.8. The zero-order chi connectivity index (χ0) is 16.9. The molecule has 0 saturated carbocycles. The van der Waals surface area contributed by atoms with E-state index in [0.717, 1.165) is 5.56 Å². The van der Waals surface area contributed by atoms with Gasteiger partial charge in [0.2, 0.25) is 0 Å². The largest absolute Gasteiger partial charge is 0.337 e.